The van der Waals surface area contributed by atoms with Gasteiger partial charge in [-0.05, 0) is 44.3 Å². The molecular weight excluding hydrogens is 454 g/mol. The number of nitrogens with one attached hydrogen (secondary N) is 1. The summed E-state index contributed by atoms with van der Waals surface area (Å²) in [5, 5.41) is 13.7. The molecule has 2 N–H and O–H groups in total. The minimum atomic E-state index is -0.988. The van der Waals surface area contributed by atoms with E-state index in [1.54, 1.807) is 0 Å². The summed E-state index contributed by atoms with van der Waals surface area (Å²) >= 11 is 4.74. The van der Waals surface area contributed by atoms with Crippen LogP contribution in [0.1, 0.15) is 34.4 Å². The Labute approximate surface area is 180 Å². The van der Waals surface area contributed by atoms with Gasteiger partial charge in [0.2, 0.25) is 0 Å². The lowest BCUT2D eigenvalue weighted by Gasteiger charge is -2.18. The number of thiophene rings is 1. The number of benzene rings is 2. The van der Waals surface area contributed by atoms with Gasteiger partial charge in [0.15, 0.2) is 0 Å². The van der Waals surface area contributed by atoms with Crippen LogP contribution < -0.4 is 5.32 Å². The van der Waals surface area contributed by atoms with Crippen molar-refractivity contribution >= 4 is 39.3 Å². The number of fused-ring (bicyclic) bond motifs is 3. The van der Waals surface area contributed by atoms with Crippen molar-refractivity contribution in [1.82, 2.24) is 5.32 Å². The van der Waals surface area contributed by atoms with Gasteiger partial charge in [-0.1, -0.05) is 48.5 Å². The number of hydrogen-bond acceptors (Lipinski definition) is 4. The second-order valence-corrected chi connectivity index (χ2v) is 8.65. The molecule has 0 saturated carbocycles. The molecular formula is C22H18BrNO4S. The van der Waals surface area contributed by atoms with E-state index in [1.807, 2.05) is 35.7 Å². The fourth-order valence-corrected chi connectivity index (χ4v) is 5.19. The maximum Gasteiger partial charge on any atom is 0.407 e. The molecule has 29 heavy (non-hydrogen) atoms. The molecule has 4 rings (SSSR count). The number of carboxylic acids is 1. The Kier molecular flexibility index (Phi) is 5.69. The van der Waals surface area contributed by atoms with Gasteiger partial charge in [0.05, 0.1) is 12.5 Å². The van der Waals surface area contributed by atoms with Crippen LogP contribution in [0.25, 0.3) is 11.1 Å². The molecule has 0 spiro atoms. The Morgan fingerprint density at radius 2 is 1.72 bits per heavy atom. The van der Waals surface area contributed by atoms with Gasteiger partial charge in [0.1, 0.15) is 6.61 Å². The zero-order chi connectivity index (χ0) is 20.4. The Morgan fingerprint density at radius 1 is 1.10 bits per heavy atom. The van der Waals surface area contributed by atoms with Crippen LogP contribution in [0.4, 0.5) is 4.79 Å². The van der Waals surface area contributed by atoms with E-state index >= 15 is 0 Å². The predicted molar refractivity (Wildman–Crippen MR) is 115 cm³/mol. The number of aliphatic carboxylic acids is 1. The molecule has 148 valence electrons. The number of carbonyl (C=O) groups is 2. The van der Waals surface area contributed by atoms with E-state index in [0.29, 0.717) is 0 Å². The monoisotopic (exact) mass is 471 g/mol. The number of halogens is 1. The average Bonchev–Trinajstić information content (AvgIpc) is 3.27. The van der Waals surface area contributed by atoms with Crippen molar-refractivity contribution in [2.75, 3.05) is 6.61 Å². The zero-order valence-electron chi connectivity index (χ0n) is 15.3. The van der Waals surface area contributed by atoms with Crippen LogP contribution in [0, 0.1) is 0 Å². The van der Waals surface area contributed by atoms with Crippen LogP contribution in [-0.2, 0) is 9.53 Å². The predicted octanol–water partition coefficient (Wildman–Crippen LogP) is 5.57. The van der Waals surface area contributed by atoms with E-state index in [4.69, 9.17) is 4.74 Å². The van der Waals surface area contributed by atoms with Gasteiger partial charge < -0.3 is 15.2 Å². The molecule has 0 radical (unpaired) electrons. The first-order chi connectivity index (χ1) is 14.0. The van der Waals surface area contributed by atoms with Crippen molar-refractivity contribution in [3.05, 3.63) is 80.5 Å². The molecule has 1 aromatic heterocycles. The van der Waals surface area contributed by atoms with Crippen molar-refractivity contribution in [3.8, 4) is 11.1 Å². The third-order valence-electron chi connectivity index (χ3n) is 4.95. The van der Waals surface area contributed by atoms with Crippen LogP contribution in [0.2, 0.25) is 0 Å². The Morgan fingerprint density at radius 3 is 2.28 bits per heavy atom. The molecule has 0 fully saturated rings. The Hall–Kier alpha value is -2.64. The molecule has 1 heterocycles. The SMILES string of the molecule is O=C(O)C[C@@H](NC(=O)OCC1c2ccccc2-c2ccccc21)c1cc(Br)cs1. The lowest BCUT2D eigenvalue weighted by atomic mass is 9.98. The van der Waals surface area contributed by atoms with Crippen LogP contribution in [0.15, 0.2) is 64.5 Å². The molecule has 7 heteroatoms. The highest BCUT2D eigenvalue weighted by molar-refractivity contribution is 9.10. The fraction of sp³-hybridized carbons (Fsp3) is 0.182. The van der Waals surface area contributed by atoms with Crippen LogP contribution in [0.5, 0.6) is 0 Å². The number of rotatable bonds is 6. The van der Waals surface area contributed by atoms with Crippen LogP contribution >= 0.6 is 27.3 Å². The molecule has 0 saturated heterocycles. The third-order valence-corrected chi connectivity index (χ3v) is 6.75. The summed E-state index contributed by atoms with van der Waals surface area (Å²) in [6.45, 7) is 0.188. The lowest BCUT2D eigenvalue weighted by molar-refractivity contribution is -0.137. The topological polar surface area (TPSA) is 75.6 Å². The highest BCUT2D eigenvalue weighted by atomic mass is 79.9. The molecule has 1 aliphatic rings. The first-order valence-electron chi connectivity index (χ1n) is 9.10. The summed E-state index contributed by atoms with van der Waals surface area (Å²) in [5.74, 6) is -1.03. The van der Waals surface area contributed by atoms with Gasteiger partial charge in [-0.2, -0.15) is 0 Å². The quantitative estimate of drug-likeness (QED) is 0.492. The average molecular weight is 472 g/mol. The second kappa shape index (κ2) is 8.39. The molecule has 2 aromatic carbocycles. The minimum absolute atomic E-state index is 0.0399. The first kappa shape index (κ1) is 19.7. The van der Waals surface area contributed by atoms with Gasteiger partial charge >= 0.3 is 12.1 Å². The summed E-state index contributed by atoms with van der Waals surface area (Å²) in [4.78, 5) is 24.4. The Bertz CT molecular complexity index is 1020. The van der Waals surface area contributed by atoms with Crippen molar-refractivity contribution in [3.63, 3.8) is 0 Å². The van der Waals surface area contributed by atoms with E-state index in [-0.39, 0.29) is 18.9 Å². The number of ether oxygens (including phenoxy) is 1. The zero-order valence-corrected chi connectivity index (χ0v) is 17.7. The molecule has 0 unspecified atom stereocenters. The van der Waals surface area contributed by atoms with E-state index in [9.17, 15) is 14.7 Å². The highest BCUT2D eigenvalue weighted by Crippen LogP contribution is 2.44. The van der Waals surface area contributed by atoms with Gasteiger partial charge in [0.25, 0.3) is 0 Å². The van der Waals surface area contributed by atoms with E-state index in [2.05, 4.69) is 45.5 Å². The van der Waals surface area contributed by atoms with Gasteiger partial charge in [-0.3, -0.25) is 4.79 Å². The molecule has 1 atom stereocenters. The van der Waals surface area contributed by atoms with Gasteiger partial charge in [-0.25, -0.2) is 4.79 Å². The van der Waals surface area contributed by atoms with Gasteiger partial charge in [0, 0.05) is 20.6 Å². The maximum absolute atomic E-state index is 12.5. The minimum Gasteiger partial charge on any atom is -0.481 e. The summed E-state index contributed by atoms with van der Waals surface area (Å²) in [7, 11) is 0. The third kappa shape index (κ3) is 4.21. The standard InChI is InChI=1S/C22H18BrNO4S/c23-13-9-20(29-12-13)19(10-21(25)26)24-22(27)28-11-18-16-7-3-1-5-14(16)15-6-2-4-8-17(15)18/h1-9,12,18-19H,10-11H2,(H,24,27)(H,25,26)/t19-/m1/s1. The Balaban J connectivity index is 1.47. The van der Waals surface area contributed by atoms with Gasteiger partial charge in [-0.15, -0.1) is 11.3 Å². The maximum atomic E-state index is 12.5. The van der Waals surface area contributed by atoms with Crippen LogP contribution in [-0.4, -0.2) is 23.8 Å². The summed E-state index contributed by atoms with van der Waals surface area (Å²) < 4.78 is 6.38. The van der Waals surface area contributed by atoms with Crippen molar-refractivity contribution in [2.45, 2.75) is 18.4 Å². The van der Waals surface area contributed by atoms with Crippen LogP contribution in [0.3, 0.4) is 0 Å². The molecule has 0 aliphatic heterocycles. The smallest absolute Gasteiger partial charge is 0.407 e. The van der Waals surface area contributed by atoms with Crippen molar-refractivity contribution in [2.24, 2.45) is 0 Å². The van der Waals surface area contributed by atoms with E-state index in [0.717, 1.165) is 31.6 Å². The van der Waals surface area contributed by atoms with Crippen molar-refractivity contribution in [1.29, 1.82) is 0 Å². The highest BCUT2D eigenvalue weighted by Gasteiger charge is 2.29. The molecule has 5 nitrogen and oxygen atoms in total. The largest absolute Gasteiger partial charge is 0.481 e. The summed E-state index contributed by atoms with van der Waals surface area (Å²) in [5.41, 5.74) is 4.57. The van der Waals surface area contributed by atoms with Crippen molar-refractivity contribution < 1.29 is 19.4 Å². The molecule has 1 aliphatic carbocycles. The summed E-state index contributed by atoms with van der Waals surface area (Å²) in [6, 6.07) is 17.4. The molecule has 1 amide bonds. The van der Waals surface area contributed by atoms with E-state index in [1.165, 1.54) is 11.3 Å². The number of hydrogen-bond donors (Lipinski definition) is 2. The molecule has 0 bridgehead atoms. The fourth-order valence-electron chi connectivity index (χ4n) is 3.69. The number of amides is 1. The number of carbonyl (C=O) groups excluding carboxylic acids is 1. The number of alkyl carbamates (subject to hydrolysis) is 1. The summed E-state index contributed by atoms with van der Waals surface area (Å²) in [6.07, 6.45) is -0.834. The second-order valence-electron chi connectivity index (χ2n) is 6.79. The normalized spacial score (nSPS) is 13.4. The number of carboxylic acid groups (broad SMARTS) is 1. The first-order valence-corrected chi connectivity index (χ1v) is 10.8. The molecule has 3 aromatic rings. The lowest BCUT2D eigenvalue weighted by Crippen LogP contribution is -2.31. The van der Waals surface area contributed by atoms with E-state index < -0.39 is 18.1 Å².